The van der Waals surface area contributed by atoms with Crippen LogP contribution in [0.3, 0.4) is 0 Å². The highest BCUT2D eigenvalue weighted by Gasteiger charge is 2.49. The van der Waals surface area contributed by atoms with Crippen LogP contribution in [0, 0.1) is 24.2 Å². The van der Waals surface area contributed by atoms with Gasteiger partial charge in [-0.15, -0.1) is 0 Å². The van der Waals surface area contributed by atoms with E-state index in [1.165, 1.54) is 17.8 Å². The molecule has 1 fully saturated rings. The van der Waals surface area contributed by atoms with Crippen molar-refractivity contribution in [3.8, 4) is 23.1 Å². The first-order chi connectivity index (χ1) is 14.7. The Morgan fingerprint density at radius 2 is 2.13 bits per heavy atom. The molecule has 1 unspecified atom stereocenters. The van der Waals surface area contributed by atoms with Gasteiger partial charge in [0, 0.05) is 11.3 Å². The van der Waals surface area contributed by atoms with Crippen LogP contribution in [0.15, 0.2) is 30.5 Å². The van der Waals surface area contributed by atoms with E-state index >= 15 is 0 Å². The number of para-hydroxylation sites is 1. The number of aryl methyl sites for hydroxylation is 1. The molecular weight excluding hydrogens is 411 g/mol. The third kappa shape index (κ3) is 3.79. The second kappa shape index (κ2) is 7.58. The predicted octanol–water partition coefficient (Wildman–Crippen LogP) is 3.66. The number of nitriles is 1. The second-order valence-corrected chi connectivity index (χ2v) is 7.40. The smallest absolute Gasteiger partial charge is 0.408 e. The Labute approximate surface area is 175 Å². The lowest BCUT2D eigenvalue weighted by molar-refractivity contribution is -0.158. The highest BCUT2D eigenvalue weighted by molar-refractivity contribution is 6.00. The molecule has 0 aliphatic heterocycles. The normalized spacial score (nSPS) is 14.8. The maximum atomic E-state index is 13.3. The van der Waals surface area contributed by atoms with E-state index < -0.39 is 24.0 Å². The molecule has 31 heavy (non-hydrogen) atoms. The first-order valence-corrected chi connectivity index (χ1v) is 9.55. The van der Waals surface area contributed by atoms with Crippen molar-refractivity contribution in [2.45, 2.75) is 32.0 Å². The molecule has 0 spiro atoms. The van der Waals surface area contributed by atoms with E-state index in [2.05, 4.69) is 15.4 Å². The number of halogens is 3. The Morgan fingerprint density at radius 3 is 2.74 bits per heavy atom. The van der Waals surface area contributed by atoms with Gasteiger partial charge >= 0.3 is 6.18 Å². The Bertz CT molecular complexity index is 1210. The zero-order valence-corrected chi connectivity index (χ0v) is 16.7. The topological polar surface area (TPSA) is 92.3 Å². The van der Waals surface area contributed by atoms with Gasteiger partial charge in [-0.05, 0) is 43.9 Å². The van der Waals surface area contributed by atoms with Crippen LogP contribution in [0.1, 0.15) is 34.5 Å². The molecule has 10 heteroatoms. The molecule has 1 aliphatic rings. The standard InChI is InChI=1S/C21H18F3N5O2/c1-11-8-16(14-5-3-4-13(9-25)17(14)31-2)27-19-15(10-26-29(11)19)20(30)28-18(12-6-7-12)21(22,23)24/h3-5,8,10,12,18H,6-7H2,1-2H3,(H,28,30). The molecule has 160 valence electrons. The average Bonchev–Trinajstić information content (AvgIpc) is 3.47. The van der Waals surface area contributed by atoms with E-state index in [1.807, 2.05) is 6.07 Å². The highest BCUT2D eigenvalue weighted by Crippen LogP contribution is 2.40. The molecule has 1 saturated carbocycles. The van der Waals surface area contributed by atoms with Crippen LogP contribution >= 0.6 is 0 Å². The minimum Gasteiger partial charge on any atom is -0.495 e. The Kier molecular flexibility index (Phi) is 5.05. The molecule has 4 rings (SSSR count). The monoisotopic (exact) mass is 429 g/mol. The molecule has 1 amide bonds. The summed E-state index contributed by atoms with van der Waals surface area (Å²) in [6.45, 7) is 1.73. The maximum absolute atomic E-state index is 13.3. The van der Waals surface area contributed by atoms with E-state index in [-0.39, 0.29) is 11.2 Å². The molecular formula is C21H18F3N5O2. The Balaban J connectivity index is 1.78. The summed E-state index contributed by atoms with van der Waals surface area (Å²) in [5, 5.41) is 15.5. The van der Waals surface area contributed by atoms with Crippen molar-refractivity contribution < 1.29 is 22.7 Å². The van der Waals surface area contributed by atoms with Crippen LogP contribution in [0.4, 0.5) is 13.2 Å². The molecule has 0 radical (unpaired) electrons. The van der Waals surface area contributed by atoms with Crippen molar-refractivity contribution in [3.05, 3.63) is 47.3 Å². The first kappa shape index (κ1) is 20.7. The van der Waals surface area contributed by atoms with Gasteiger partial charge in [0.1, 0.15) is 23.4 Å². The molecule has 2 aromatic heterocycles. The number of methoxy groups -OCH3 is 1. The van der Waals surface area contributed by atoms with E-state index in [0.717, 1.165) is 0 Å². The summed E-state index contributed by atoms with van der Waals surface area (Å²) < 4.78 is 46.8. The number of nitrogens with zero attached hydrogens (tertiary/aromatic N) is 4. The summed E-state index contributed by atoms with van der Waals surface area (Å²) in [5.74, 6) is -1.17. The lowest BCUT2D eigenvalue weighted by Gasteiger charge is -2.21. The predicted molar refractivity (Wildman–Crippen MR) is 104 cm³/mol. The number of nitrogens with one attached hydrogen (secondary N) is 1. The molecule has 1 atom stereocenters. The Hall–Kier alpha value is -3.61. The van der Waals surface area contributed by atoms with Crippen molar-refractivity contribution in [2.24, 2.45) is 5.92 Å². The van der Waals surface area contributed by atoms with Crippen molar-refractivity contribution in [2.75, 3.05) is 7.11 Å². The molecule has 0 bridgehead atoms. The summed E-state index contributed by atoms with van der Waals surface area (Å²) in [7, 11) is 1.43. The number of fused-ring (bicyclic) bond motifs is 1. The molecule has 1 N–H and O–H groups in total. The first-order valence-electron chi connectivity index (χ1n) is 9.55. The van der Waals surface area contributed by atoms with Gasteiger partial charge in [-0.1, -0.05) is 6.07 Å². The van der Waals surface area contributed by atoms with Gasteiger partial charge in [0.2, 0.25) is 0 Å². The number of aromatic nitrogens is 3. The quantitative estimate of drug-likeness (QED) is 0.668. The largest absolute Gasteiger partial charge is 0.495 e. The molecule has 7 nitrogen and oxygen atoms in total. The number of hydrogen-bond acceptors (Lipinski definition) is 5. The molecule has 2 heterocycles. The zero-order valence-electron chi connectivity index (χ0n) is 16.7. The van der Waals surface area contributed by atoms with Gasteiger partial charge in [-0.25, -0.2) is 9.50 Å². The van der Waals surface area contributed by atoms with E-state index in [0.29, 0.717) is 41.1 Å². The summed E-state index contributed by atoms with van der Waals surface area (Å²) in [6.07, 6.45) is -2.47. The number of carbonyl (C=O) groups is 1. The van der Waals surface area contributed by atoms with Gasteiger partial charge in [0.15, 0.2) is 5.65 Å². The van der Waals surface area contributed by atoms with Crippen LogP contribution in [-0.2, 0) is 0 Å². The van der Waals surface area contributed by atoms with Crippen LogP contribution in [0.25, 0.3) is 16.9 Å². The fourth-order valence-corrected chi connectivity index (χ4v) is 3.57. The number of carbonyl (C=O) groups excluding carboxylic acids is 1. The highest BCUT2D eigenvalue weighted by atomic mass is 19.4. The summed E-state index contributed by atoms with van der Waals surface area (Å²) in [6, 6.07) is 6.82. The van der Waals surface area contributed by atoms with Crippen LogP contribution in [0.2, 0.25) is 0 Å². The van der Waals surface area contributed by atoms with Crippen molar-refractivity contribution >= 4 is 11.6 Å². The van der Waals surface area contributed by atoms with Gasteiger partial charge in [0.05, 0.1) is 24.6 Å². The van der Waals surface area contributed by atoms with E-state index in [1.54, 1.807) is 31.2 Å². The van der Waals surface area contributed by atoms with Crippen molar-refractivity contribution in [1.29, 1.82) is 5.26 Å². The summed E-state index contributed by atoms with van der Waals surface area (Å²) in [4.78, 5) is 17.2. The molecule has 1 aliphatic carbocycles. The maximum Gasteiger partial charge on any atom is 0.408 e. The van der Waals surface area contributed by atoms with Gasteiger partial charge in [-0.2, -0.15) is 23.5 Å². The number of amides is 1. The Morgan fingerprint density at radius 1 is 1.39 bits per heavy atom. The van der Waals surface area contributed by atoms with Gasteiger partial charge in [-0.3, -0.25) is 4.79 Å². The van der Waals surface area contributed by atoms with Gasteiger partial charge in [0.25, 0.3) is 5.91 Å². The summed E-state index contributed by atoms with van der Waals surface area (Å²) in [5.41, 5.74) is 1.90. The lowest BCUT2D eigenvalue weighted by atomic mass is 10.1. The fraction of sp³-hybridized carbons (Fsp3) is 0.333. The molecule has 0 saturated heterocycles. The van der Waals surface area contributed by atoms with Crippen molar-refractivity contribution in [3.63, 3.8) is 0 Å². The third-order valence-corrected chi connectivity index (χ3v) is 5.24. The molecule has 1 aromatic carbocycles. The number of benzene rings is 1. The zero-order chi connectivity index (χ0) is 22.3. The SMILES string of the molecule is COc1c(C#N)cccc1-c1cc(C)n2ncc(C(=O)NC(C3CC3)C(F)(F)F)c2n1. The number of hydrogen-bond donors (Lipinski definition) is 1. The van der Waals surface area contributed by atoms with Crippen LogP contribution in [0.5, 0.6) is 5.75 Å². The fourth-order valence-electron chi connectivity index (χ4n) is 3.57. The van der Waals surface area contributed by atoms with Crippen LogP contribution in [-0.4, -0.2) is 39.8 Å². The van der Waals surface area contributed by atoms with Gasteiger partial charge < -0.3 is 10.1 Å². The minimum atomic E-state index is -4.53. The third-order valence-electron chi connectivity index (χ3n) is 5.24. The second-order valence-electron chi connectivity index (χ2n) is 7.40. The lowest BCUT2D eigenvalue weighted by Crippen LogP contribution is -2.46. The number of rotatable bonds is 5. The average molecular weight is 429 g/mol. The van der Waals surface area contributed by atoms with Crippen LogP contribution < -0.4 is 10.1 Å². The minimum absolute atomic E-state index is 0.0599. The van der Waals surface area contributed by atoms with Crippen molar-refractivity contribution in [1.82, 2.24) is 19.9 Å². The van der Waals surface area contributed by atoms with E-state index in [9.17, 15) is 23.2 Å². The number of alkyl halides is 3. The van der Waals surface area contributed by atoms with E-state index in [4.69, 9.17) is 4.74 Å². The molecule has 3 aromatic rings. The number of ether oxygens (including phenoxy) is 1. The summed E-state index contributed by atoms with van der Waals surface area (Å²) >= 11 is 0.